The van der Waals surface area contributed by atoms with Gasteiger partial charge in [0.1, 0.15) is 6.79 Å². The average molecular weight is 319 g/mol. The van der Waals surface area contributed by atoms with Gasteiger partial charge in [0.05, 0.1) is 0 Å². The molecule has 1 aromatic heterocycles. The quantitative estimate of drug-likeness (QED) is 0.701. The minimum absolute atomic E-state index is 0.250. The predicted molar refractivity (Wildman–Crippen MR) is 88.9 cm³/mol. The molecule has 124 valence electrons. The highest BCUT2D eigenvalue weighted by Crippen LogP contribution is 2.09. The number of carboxylic acid groups (broad SMARTS) is 1. The van der Waals surface area contributed by atoms with E-state index in [0.29, 0.717) is 6.04 Å². The number of hydrogen-bond donors (Lipinski definition) is 3. The second-order valence-electron chi connectivity index (χ2n) is 4.42. The maximum Gasteiger partial charge on any atom is 0.290 e. The van der Waals surface area contributed by atoms with Gasteiger partial charge in [0, 0.05) is 24.6 Å². The van der Waals surface area contributed by atoms with Crippen LogP contribution in [0.3, 0.4) is 0 Å². The molecule has 0 aliphatic carbocycles. The SMILES string of the molecule is C=O.CC(C)CC(C)NCCc1cccs1.CO.O=CO. The van der Waals surface area contributed by atoms with Crippen LogP contribution >= 0.6 is 11.3 Å². The molecule has 0 aliphatic heterocycles. The summed E-state index contributed by atoms with van der Waals surface area (Å²) in [7, 11) is 1.00. The van der Waals surface area contributed by atoms with Crippen LogP contribution in [0.25, 0.3) is 0 Å². The van der Waals surface area contributed by atoms with Crippen molar-refractivity contribution in [1.29, 1.82) is 0 Å². The van der Waals surface area contributed by atoms with Crippen molar-refractivity contribution in [1.82, 2.24) is 5.32 Å². The molecule has 3 N–H and O–H groups in total. The van der Waals surface area contributed by atoms with E-state index in [1.165, 1.54) is 17.7 Å². The number of carbonyl (C=O) groups excluding carboxylic acids is 1. The molecule has 0 radical (unpaired) electrons. The molecular weight excluding hydrogens is 290 g/mol. The number of carbonyl (C=O) groups is 2. The summed E-state index contributed by atoms with van der Waals surface area (Å²) in [4.78, 5) is 17.8. The highest BCUT2D eigenvalue weighted by molar-refractivity contribution is 7.09. The van der Waals surface area contributed by atoms with Crippen LogP contribution in [0, 0.1) is 5.92 Å². The lowest BCUT2D eigenvalue weighted by Crippen LogP contribution is -2.29. The fourth-order valence-corrected chi connectivity index (χ4v) is 2.40. The Bertz CT molecular complexity index is 292. The number of rotatable bonds is 6. The van der Waals surface area contributed by atoms with E-state index in [1.54, 1.807) is 0 Å². The molecule has 0 saturated heterocycles. The lowest BCUT2D eigenvalue weighted by Gasteiger charge is -2.15. The molecule has 0 bridgehead atoms. The Morgan fingerprint density at radius 1 is 1.33 bits per heavy atom. The first-order valence-electron chi connectivity index (χ1n) is 6.67. The number of thiophene rings is 1. The number of aliphatic hydroxyl groups is 1. The molecule has 0 aromatic carbocycles. The summed E-state index contributed by atoms with van der Waals surface area (Å²) in [6.07, 6.45) is 2.44. The molecule has 21 heavy (non-hydrogen) atoms. The maximum absolute atomic E-state index is 8.36. The van der Waals surface area contributed by atoms with Crippen molar-refractivity contribution < 1.29 is 19.8 Å². The van der Waals surface area contributed by atoms with Gasteiger partial charge in [0.15, 0.2) is 0 Å². The Morgan fingerprint density at radius 2 is 1.86 bits per heavy atom. The second-order valence-corrected chi connectivity index (χ2v) is 5.45. The van der Waals surface area contributed by atoms with Crippen molar-refractivity contribution in [2.45, 2.75) is 39.7 Å². The molecule has 1 unspecified atom stereocenters. The summed E-state index contributed by atoms with van der Waals surface area (Å²) >= 11 is 1.85. The van der Waals surface area contributed by atoms with Gasteiger partial charge in [-0.25, -0.2) is 0 Å². The minimum atomic E-state index is -0.250. The van der Waals surface area contributed by atoms with Gasteiger partial charge in [0.2, 0.25) is 0 Å². The van der Waals surface area contributed by atoms with Crippen LogP contribution in [0.4, 0.5) is 0 Å². The van der Waals surface area contributed by atoms with Crippen LogP contribution in [0.15, 0.2) is 17.5 Å². The molecule has 5 nitrogen and oxygen atoms in total. The molecule has 1 heterocycles. The van der Waals surface area contributed by atoms with E-state index >= 15 is 0 Å². The van der Waals surface area contributed by atoms with Crippen molar-refractivity contribution >= 4 is 24.6 Å². The van der Waals surface area contributed by atoms with Gasteiger partial charge in [-0.15, -0.1) is 11.3 Å². The van der Waals surface area contributed by atoms with Gasteiger partial charge in [-0.1, -0.05) is 19.9 Å². The van der Waals surface area contributed by atoms with Gasteiger partial charge >= 0.3 is 0 Å². The molecular formula is C15H29NO4S. The first-order chi connectivity index (χ1) is 10.1. The Labute approximate surface area is 132 Å². The first kappa shape index (κ1) is 24.8. The molecule has 0 aliphatic rings. The van der Waals surface area contributed by atoms with E-state index in [1.807, 2.05) is 18.1 Å². The molecule has 6 heteroatoms. The summed E-state index contributed by atoms with van der Waals surface area (Å²) in [5.74, 6) is 0.791. The van der Waals surface area contributed by atoms with E-state index < -0.39 is 0 Å². The van der Waals surface area contributed by atoms with E-state index in [2.05, 4.69) is 43.6 Å². The van der Waals surface area contributed by atoms with E-state index in [-0.39, 0.29) is 6.47 Å². The fourth-order valence-electron chi connectivity index (χ4n) is 1.69. The van der Waals surface area contributed by atoms with Crippen LogP contribution in [0.5, 0.6) is 0 Å². The lowest BCUT2D eigenvalue weighted by atomic mass is 10.1. The summed E-state index contributed by atoms with van der Waals surface area (Å²) < 4.78 is 0. The van der Waals surface area contributed by atoms with Crippen molar-refractivity contribution in [3.8, 4) is 0 Å². The van der Waals surface area contributed by atoms with E-state index in [0.717, 1.165) is 19.6 Å². The summed E-state index contributed by atoms with van der Waals surface area (Å²) in [6.45, 7) is 9.68. The molecule has 0 spiro atoms. The zero-order chi connectivity index (χ0) is 17.1. The third-order valence-electron chi connectivity index (χ3n) is 2.27. The molecule has 1 aromatic rings. The highest BCUT2D eigenvalue weighted by atomic mass is 32.1. The molecule has 0 fully saturated rings. The van der Waals surface area contributed by atoms with Gasteiger partial charge in [-0.2, -0.15) is 0 Å². The Hall–Kier alpha value is -1.24. The van der Waals surface area contributed by atoms with Gasteiger partial charge in [-0.3, -0.25) is 4.79 Å². The summed E-state index contributed by atoms with van der Waals surface area (Å²) in [5.41, 5.74) is 0. The van der Waals surface area contributed by atoms with Crippen LogP contribution in [0.2, 0.25) is 0 Å². The van der Waals surface area contributed by atoms with E-state index in [4.69, 9.17) is 19.8 Å². The Morgan fingerprint density at radius 3 is 2.24 bits per heavy atom. The average Bonchev–Trinajstić information content (AvgIpc) is 2.96. The van der Waals surface area contributed by atoms with Crippen molar-refractivity contribution in [2.75, 3.05) is 13.7 Å². The van der Waals surface area contributed by atoms with Crippen molar-refractivity contribution in [3.63, 3.8) is 0 Å². The number of hydrogen-bond acceptors (Lipinski definition) is 5. The van der Waals surface area contributed by atoms with E-state index in [9.17, 15) is 0 Å². The summed E-state index contributed by atoms with van der Waals surface area (Å²) in [6, 6.07) is 4.98. The van der Waals surface area contributed by atoms with Crippen LogP contribution in [0.1, 0.15) is 32.1 Å². The third kappa shape index (κ3) is 21.2. The molecule has 0 saturated carbocycles. The van der Waals surface area contributed by atoms with Gasteiger partial charge < -0.3 is 20.3 Å². The van der Waals surface area contributed by atoms with Crippen molar-refractivity contribution in [2.24, 2.45) is 5.92 Å². The van der Waals surface area contributed by atoms with Crippen LogP contribution in [-0.2, 0) is 16.0 Å². The zero-order valence-corrected chi connectivity index (χ0v) is 14.2. The molecule has 1 atom stereocenters. The number of aliphatic hydroxyl groups excluding tert-OH is 1. The maximum atomic E-state index is 8.36. The minimum Gasteiger partial charge on any atom is -0.483 e. The van der Waals surface area contributed by atoms with Crippen LogP contribution in [-0.4, -0.2) is 43.2 Å². The standard InChI is InChI=1S/C12H21NS.CH2O2.CH4O.CH2O/c1-10(2)9-11(3)13-7-6-12-5-4-8-14-12;2-1-3;2*1-2/h4-5,8,10-11,13H,6-7,9H2,1-3H3;1H,(H,2,3);2H,1H3;1H2. The Balaban J connectivity index is -0.000000399. The fraction of sp³-hybridized carbons (Fsp3) is 0.600. The smallest absolute Gasteiger partial charge is 0.290 e. The monoisotopic (exact) mass is 319 g/mol. The largest absolute Gasteiger partial charge is 0.483 e. The first-order valence-corrected chi connectivity index (χ1v) is 7.55. The van der Waals surface area contributed by atoms with Crippen molar-refractivity contribution in [3.05, 3.63) is 22.4 Å². The highest BCUT2D eigenvalue weighted by Gasteiger charge is 2.03. The predicted octanol–water partition coefficient (Wildman–Crippen LogP) is 2.44. The number of nitrogens with one attached hydrogen (secondary N) is 1. The Kier molecular flexibility index (Phi) is 24.8. The normalized spacial score (nSPS) is 10.0. The topological polar surface area (TPSA) is 86.6 Å². The molecule has 1 rings (SSSR count). The third-order valence-corrected chi connectivity index (χ3v) is 3.21. The molecule has 0 amide bonds. The van der Waals surface area contributed by atoms with Gasteiger partial charge in [0.25, 0.3) is 6.47 Å². The second kappa shape index (κ2) is 21.1. The zero-order valence-electron chi connectivity index (χ0n) is 13.4. The lowest BCUT2D eigenvalue weighted by molar-refractivity contribution is -0.122. The van der Waals surface area contributed by atoms with Gasteiger partial charge in [-0.05, 0) is 37.1 Å². The van der Waals surface area contributed by atoms with Crippen LogP contribution < -0.4 is 5.32 Å². The summed E-state index contributed by atoms with van der Waals surface area (Å²) in [5, 5.41) is 19.6.